The van der Waals surface area contributed by atoms with Crippen LogP contribution >= 0.6 is 0 Å². The number of aryl methyl sites for hydroxylation is 1. The van der Waals surface area contributed by atoms with E-state index in [1.165, 1.54) is 24.4 Å². The zero-order chi connectivity index (χ0) is 25.0. The van der Waals surface area contributed by atoms with Gasteiger partial charge in [0, 0.05) is 18.3 Å². The topological polar surface area (TPSA) is 126 Å². The number of anilines is 1. The molecule has 0 spiro atoms. The number of nitrogens with one attached hydrogen (secondary N) is 3. The van der Waals surface area contributed by atoms with Gasteiger partial charge in [0.1, 0.15) is 18.0 Å². The Kier molecular flexibility index (Phi) is 10.2. The minimum Gasteiger partial charge on any atom is -0.491 e. The number of hydrogen-bond donors (Lipinski definition) is 5. The molecule has 0 aromatic heterocycles. The van der Waals surface area contributed by atoms with Crippen molar-refractivity contribution in [2.75, 3.05) is 31.6 Å². The standard InChI is InChI=1S/C23H27F3N4O4/c24-23(25,26)15-30-21(32)17-8-9-19(29-14-18(27)22(33)28-10-11-31)20(13-17)34-12-4-7-16-5-2-1-3-6-16/h1-3,5-6,8-9,13-14,29,31H,4,7,10-12,15,27H2,(H,28,33)(H,30,32)/b18-14-. The fourth-order valence-corrected chi connectivity index (χ4v) is 2.78. The number of benzene rings is 2. The third-order valence-corrected chi connectivity index (χ3v) is 4.45. The number of ether oxygens (including phenoxy) is 1. The number of hydrogen-bond acceptors (Lipinski definition) is 6. The molecule has 0 radical (unpaired) electrons. The number of carbonyl (C=O) groups is 2. The van der Waals surface area contributed by atoms with Crippen LogP contribution in [0.2, 0.25) is 0 Å². The predicted octanol–water partition coefficient (Wildman–Crippen LogP) is 2.31. The minimum absolute atomic E-state index is 0.0227. The molecule has 2 aromatic carbocycles. The van der Waals surface area contributed by atoms with Gasteiger partial charge in [-0.1, -0.05) is 30.3 Å². The van der Waals surface area contributed by atoms with E-state index < -0.39 is 24.5 Å². The van der Waals surface area contributed by atoms with E-state index in [0.717, 1.165) is 12.0 Å². The van der Waals surface area contributed by atoms with E-state index >= 15 is 0 Å². The van der Waals surface area contributed by atoms with Gasteiger partial charge in [-0.3, -0.25) is 9.59 Å². The van der Waals surface area contributed by atoms with Crippen molar-refractivity contribution >= 4 is 17.5 Å². The molecular weight excluding hydrogens is 453 g/mol. The highest BCUT2D eigenvalue weighted by atomic mass is 19.4. The maximum absolute atomic E-state index is 12.4. The summed E-state index contributed by atoms with van der Waals surface area (Å²) in [6.07, 6.45) is -1.93. The molecule has 2 rings (SSSR count). The first-order chi connectivity index (χ1) is 16.2. The third kappa shape index (κ3) is 9.41. The Bertz CT molecular complexity index is 982. The lowest BCUT2D eigenvalue weighted by molar-refractivity contribution is -0.123. The second kappa shape index (κ2) is 13.1. The number of carbonyl (C=O) groups excluding carboxylic acids is 2. The fourth-order valence-electron chi connectivity index (χ4n) is 2.78. The lowest BCUT2D eigenvalue weighted by atomic mass is 10.1. The first-order valence-electron chi connectivity index (χ1n) is 10.5. The van der Waals surface area contributed by atoms with E-state index in [-0.39, 0.29) is 36.8 Å². The van der Waals surface area contributed by atoms with E-state index in [1.54, 1.807) is 0 Å². The molecule has 0 bridgehead atoms. The lowest BCUT2D eigenvalue weighted by Gasteiger charge is -2.14. The maximum Gasteiger partial charge on any atom is 0.405 e. The van der Waals surface area contributed by atoms with Gasteiger partial charge < -0.3 is 31.5 Å². The molecule has 0 saturated heterocycles. The minimum atomic E-state index is -4.53. The smallest absolute Gasteiger partial charge is 0.405 e. The fraction of sp³-hybridized carbons (Fsp3) is 0.304. The molecule has 0 aliphatic heterocycles. The normalized spacial score (nSPS) is 11.6. The van der Waals surface area contributed by atoms with Crippen LogP contribution < -0.4 is 26.4 Å². The summed E-state index contributed by atoms with van der Waals surface area (Å²) in [6.45, 7) is -1.40. The quantitative estimate of drug-likeness (QED) is 0.235. The van der Waals surface area contributed by atoms with Crippen molar-refractivity contribution in [1.82, 2.24) is 10.6 Å². The van der Waals surface area contributed by atoms with E-state index in [0.29, 0.717) is 12.1 Å². The molecule has 2 aromatic rings. The van der Waals surface area contributed by atoms with Crippen molar-refractivity contribution < 1.29 is 32.6 Å². The molecule has 6 N–H and O–H groups in total. The van der Waals surface area contributed by atoms with Crippen LogP contribution in [-0.4, -0.2) is 49.4 Å². The van der Waals surface area contributed by atoms with Crippen molar-refractivity contribution in [2.45, 2.75) is 19.0 Å². The molecule has 2 amide bonds. The zero-order valence-corrected chi connectivity index (χ0v) is 18.3. The van der Waals surface area contributed by atoms with Crippen molar-refractivity contribution in [2.24, 2.45) is 5.73 Å². The van der Waals surface area contributed by atoms with Crippen LogP contribution in [0.1, 0.15) is 22.3 Å². The largest absolute Gasteiger partial charge is 0.491 e. The highest BCUT2D eigenvalue weighted by molar-refractivity contribution is 5.95. The first kappa shape index (κ1) is 26.5. The summed E-state index contributed by atoms with van der Waals surface area (Å²) in [5.41, 5.74) is 6.97. The second-order valence-electron chi connectivity index (χ2n) is 7.17. The van der Waals surface area contributed by atoms with Gasteiger partial charge in [0.2, 0.25) is 0 Å². The molecule has 0 fully saturated rings. The van der Waals surface area contributed by atoms with Gasteiger partial charge in [-0.2, -0.15) is 13.2 Å². The summed E-state index contributed by atoms with van der Waals surface area (Å²) >= 11 is 0. The zero-order valence-electron chi connectivity index (χ0n) is 18.3. The van der Waals surface area contributed by atoms with Gasteiger partial charge in [-0.15, -0.1) is 0 Å². The molecule has 0 heterocycles. The van der Waals surface area contributed by atoms with E-state index in [2.05, 4.69) is 10.6 Å². The number of rotatable bonds is 12. The monoisotopic (exact) mass is 480 g/mol. The van der Waals surface area contributed by atoms with Crippen LogP contribution in [-0.2, 0) is 11.2 Å². The molecule has 0 aliphatic carbocycles. The van der Waals surface area contributed by atoms with E-state index in [1.807, 2.05) is 35.6 Å². The molecule has 0 atom stereocenters. The van der Waals surface area contributed by atoms with E-state index in [4.69, 9.17) is 15.6 Å². The van der Waals surface area contributed by atoms with Gasteiger partial charge in [-0.05, 0) is 36.6 Å². The van der Waals surface area contributed by atoms with Gasteiger partial charge in [0.25, 0.3) is 11.8 Å². The molecule has 0 saturated carbocycles. The summed E-state index contributed by atoms with van der Waals surface area (Å²) in [5, 5.41) is 15.8. The van der Waals surface area contributed by atoms with Crippen LogP contribution in [0.3, 0.4) is 0 Å². The summed E-state index contributed by atoms with van der Waals surface area (Å²) in [6, 6.07) is 13.8. The Labute approximate surface area is 195 Å². The number of aliphatic hydroxyl groups is 1. The average molecular weight is 480 g/mol. The van der Waals surface area contributed by atoms with Gasteiger partial charge >= 0.3 is 6.18 Å². The van der Waals surface area contributed by atoms with Crippen molar-refractivity contribution in [1.29, 1.82) is 0 Å². The highest BCUT2D eigenvalue weighted by Gasteiger charge is 2.28. The van der Waals surface area contributed by atoms with Gasteiger partial charge in [0.05, 0.1) is 18.9 Å². The molecule has 0 aliphatic rings. The number of amides is 2. The molecule has 34 heavy (non-hydrogen) atoms. The highest BCUT2D eigenvalue weighted by Crippen LogP contribution is 2.27. The van der Waals surface area contributed by atoms with Crippen LogP contribution in [0.15, 0.2) is 60.4 Å². The Hall–Kier alpha value is -3.73. The van der Waals surface area contributed by atoms with Crippen molar-refractivity contribution in [3.8, 4) is 5.75 Å². The predicted molar refractivity (Wildman–Crippen MR) is 121 cm³/mol. The Morgan fingerprint density at radius 3 is 2.50 bits per heavy atom. The van der Waals surface area contributed by atoms with Crippen molar-refractivity contribution in [3.05, 3.63) is 71.6 Å². The summed E-state index contributed by atoms with van der Waals surface area (Å²) < 4.78 is 43.1. The van der Waals surface area contributed by atoms with Crippen molar-refractivity contribution in [3.63, 3.8) is 0 Å². The Morgan fingerprint density at radius 2 is 1.82 bits per heavy atom. The number of aliphatic hydroxyl groups excluding tert-OH is 1. The maximum atomic E-state index is 12.4. The number of halogens is 3. The molecule has 184 valence electrons. The SMILES string of the molecule is N/C(=C\Nc1ccc(C(=O)NCC(F)(F)F)cc1OCCCc1ccccc1)C(=O)NCCO. The molecule has 11 heteroatoms. The van der Waals surface area contributed by atoms with E-state index in [9.17, 15) is 22.8 Å². The molecule has 0 unspecified atom stereocenters. The Morgan fingerprint density at radius 1 is 1.09 bits per heavy atom. The number of nitrogens with two attached hydrogens (primary N) is 1. The summed E-state index contributed by atoms with van der Waals surface area (Å²) in [7, 11) is 0. The van der Waals surface area contributed by atoms with Gasteiger partial charge in [0.15, 0.2) is 0 Å². The summed E-state index contributed by atoms with van der Waals surface area (Å²) in [4.78, 5) is 24.0. The van der Waals surface area contributed by atoms with Gasteiger partial charge in [-0.25, -0.2) is 0 Å². The van der Waals surface area contributed by atoms with Crippen LogP contribution in [0, 0.1) is 0 Å². The summed E-state index contributed by atoms with van der Waals surface area (Å²) in [5.74, 6) is -1.31. The molecule has 8 nitrogen and oxygen atoms in total. The third-order valence-electron chi connectivity index (χ3n) is 4.45. The number of alkyl halides is 3. The van der Waals surface area contributed by atoms with Crippen LogP contribution in [0.25, 0.3) is 0 Å². The first-order valence-corrected chi connectivity index (χ1v) is 10.5. The second-order valence-corrected chi connectivity index (χ2v) is 7.17. The Balaban J connectivity index is 2.11. The lowest BCUT2D eigenvalue weighted by Crippen LogP contribution is -2.33. The van der Waals surface area contributed by atoms with Crippen LogP contribution in [0.5, 0.6) is 5.75 Å². The van der Waals surface area contributed by atoms with Crippen LogP contribution in [0.4, 0.5) is 18.9 Å². The average Bonchev–Trinajstić information content (AvgIpc) is 2.82. The molecular formula is C23H27F3N4O4.